The highest BCUT2D eigenvalue weighted by molar-refractivity contribution is 5.66. The average molecular weight is 481 g/mol. The van der Waals surface area contributed by atoms with E-state index in [1.54, 1.807) is 0 Å². The molecule has 0 amide bonds. The van der Waals surface area contributed by atoms with E-state index < -0.39 is 5.97 Å². The molecule has 0 bridgehead atoms. The van der Waals surface area contributed by atoms with Gasteiger partial charge in [0.15, 0.2) is 0 Å². The molecule has 192 valence electrons. The summed E-state index contributed by atoms with van der Waals surface area (Å²) >= 11 is 0. The second kappa shape index (κ2) is 14.2. The summed E-state index contributed by atoms with van der Waals surface area (Å²) in [6.07, 6.45) is 7.59. The first-order valence-electron chi connectivity index (χ1n) is 13.0. The molecule has 0 aliphatic heterocycles. The Morgan fingerprint density at radius 2 is 1.34 bits per heavy atom. The van der Waals surface area contributed by atoms with Gasteiger partial charge in [0, 0.05) is 11.8 Å². The Balaban J connectivity index is 1.77. The van der Waals surface area contributed by atoms with E-state index in [2.05, 4.69) is 44.7 Å². The molecule has 0 heterocycles. The lowest BCUT2D eigenvalue weighted by Crippen LogP contribution is -2.26. The fraction of sp³-hybridized carbons (Fsp3) is 0.516. The van der Waals surface area contributed by atoms with Crippen molar-refractivity contribution >= 4 is 5.97 Å². The van der Waals surface area contributed by atoms with Crippen LogP contribution in [0.5, 0.6) is 0 Å². The first kappa shape index (κ1) is 28.8. The first-order chi connectivity index (χ1) is 16.7. The van der Waals surface area contributed by atoms with E-state index >= 15 is 0 Å². The Bertz CT molecular complexity index is 895. The molecule has 35 heavy (non-hydrogen) atoms. The summed E-state index contributed by atoms with van der Waals surface area (Å²) in [7, 11) is 0. The van der Waals surface area contributed by atoms with Crippen LogP contribution in [-0.4, -0.2) is 34.0 Å². The number of hydrogen-bond donors (Lipinski definition) is 3. The number of rotatable bonds is 17. The number of aliphatic carboxylic acids is 1. The molecule has 0 saturated carbocycles. The summed E-state index contributed by atoms with van der Waals surface area (Å²) in [5, 5.41) is 29.4. The van der Waals surface area contributed by atoms with Gasteiger partial charge in [0.25, 0.3) is 0 Å². The van der Waals surface area contributed by atoms with Gasteiger partial charge in [-0.05, 0) is 54.2 Å². The van der Waals surface area contributed by atoms with Crippen LogP contribution in [0.25, 0.3) is 0 Å². The fourth-order valence-electron chi connectivity index (χ4n) is 5.04. The lowest BCUT2D eigenvalue weighted by Gasteiger charge is -2.32. The number of carboxylic acids is 1. The highest BCUT2D eigenvalue weighted by Crippen LogP contribution is 2.37. The predicted molar refractivity (Wildman–Crippen MR) is 144 cm³/mol. The van der Waals surface area contributed by atoms with Crippen LogP contribution < -0.4 is 0 Å². The number of carboxylic acid groups (broad SMARTS) is 1. The third kappa shape index (κ3) is 8.94. The molecule has 3 atom stereocenters. The number of benzene rings is 2. The van der Waals surface area contributed by atoms with Crippen LogP contribution in [0.1, 0.15) is 89.2 Å². The van der Waals surface area contributed by atoms with Gasteiger partial charge in [-0.2, -0.15) is 0 Å². The molecule has 4 heteroatoms. The molecule has 4 nitrogen and oxygen atoms in total. The highest BCUT2D eigenvalue weighted by Gasteiger charge is 2.29. The monoisotopic (exact) mass is 480 g/mol. The maximum atomic E-state index is 11.2. The van der Waals surface area contributed by atoms with Gasteiger partial charge in [0.1, 0.15) is 0 Å². The second-order valence-corrected chi connectivity index (χ2v) is 10.4. The molecule has 0 saturated heterocycles. The standard InChI is InChI=1S/C31H44O4/c1-25(24-32)31(3,27-16-8-5-9-17-27)22-13-11-19-28(33)18-10-12-21-30(2,23-20-29(34)35)26-14-6-4-7-15-26/h4-9,14-17,28,32-33H,1,10-13,18-24H2,2-3H3,(H,34,35). The van der Waals surface area contributed by atoms with Crippen LogP contribution in [0, 0.1) is 0 Å². The minimum Gasteiger partial charge on any atom is -0.481 e. The van der Waals surface area contributed by atoms with Crippen molar-refractivity contribution in [2.24, 2.45) is 0 Å². The van der Waals surface area contributed by atoms with Crippen molar-refractivity contribution in [2.75, 3.05) is 6.61 Å². The van der Waals surface area contributed by atoms with Crippen molar-refractivity contribution in [1.29, 1.82) is 0 Å². The van der Waals surface area contributed by atoms with E-state index in [0.29, 0.717) is 6.42 Å². The van der Waals surface area contributed by atoms with Gasteiger partial charge in [-0.3, -0.25) is 4.79 Å². The van der Waals surface area contributed by atoms with Gasteiger partial charge in [0.05, 0.1) is 12.7 Å². The Kier molecular flexibility index (Phi) is 11.7. The van der Waals surface area contributed by atoms with Crippen LogP contribution in [0.4, 0.5) is 0 Å². The molecule has 3 N–H and O–H groups in total. The number of carbonyl (C=O) groups is 1. The summed E-state index contributed by atoms with van der Waals surface area (Å²) < 4.78 is 0. The van der Waals surface area contributed by atoms with Crippen molar-refractivity contribution in [2.45, 2.75) is 95.0 Å². The van der Waals surface area contributed by atoms with Crippen molar-refractivity contribution in [3.05, 3.63) is 83.9 Å². The summed E-state index contributed by atoms with van der Waals surface area (Å²) in [4.78, 5) is 11.2. The zero-order valence-corrected chi connectivity index (χ0v) is 21.6. The zero-order chi connectivity index (χ0) is 25.7. The maximum absolute atomic E-state index is 11.2. The lowest BCUT2D eigenvalue weighted by molar-refractivity contribution is -0.137. The predicted octanol–water partition coefficient (Wildman–Crippen LogP) is 6.80. The van der Waals surface area contributed by atoms with Crippen LogP contribution >= 0.6 is 0 Å². The minimum atomic E-state index is -0.756. The molecule has 3 unspecified atom stereocenters. The molecule has 0 aliphatic carbocycles. The van der Waals surface area contributed by atoms with Gasteiger partial charge in [-0.1, -0.05) is 107 Å². The number of unbranched alkanes of at least 4 members (excludes halogenated alkanes) is 2. The summed E-state index contributed by atoms with van der Waals surface area (Å²) in [6.45, 7) is 8.40. The Labute approximate surface area is 211 Å². The van der Waals surface area contributed by atoms with Crippen LogP contribution in [0.3, 0.4) is 0 Å². The molecule has 0 spiro atoms. The van der Waals surface area contributed by atoms with Crippen LogP contribution in [0.15, 0.2) is 72.8 Å². The summed E-state index contributed by atoms with van der Waals surface area (Å²) in [5.41, 5.74) is 2.76. The summed E-state index contributed by atoms with van der Waals surface area (Å²) in [6, 6.07) is 20.4. The molecule has 2 aromatic carbocycles. The van der Waals surface area contributed by atoms with Gasteiger partial charge >= 0.3 is 5.97 Å². The Hall–Kier alpha value is -2.43. The Morgan fingerprint density at radius 1 is 0.829 bits per heavy atom. The van der Waals surface area contributed by atoms with E-state index in [4.69, 9.17) is 0 Å². The lowest BCUT2D eigenvalue weighted by atomic mass is 9.73. The smallest absolute Gasteiger partial charge is 0.303 e. The van der Waals surface area contributed by atoms with E-state index in [1.165, 1.54) is 11.1 Å². The third-order valence-corrected chi connectivity index (χ3v) is 7.72. The van der Waals surface area contributed by atoms with Crippen molar-refractivity contribution in [3.8, 4) is 0 Å². The number of aliphatic hydroxyl groups is 2. The molecule has 0 aromatic heterocycles. The van der Waals surface area contributed by atoms with Crippen LogP contribution in [0.2, 0.25) is 0 Å². The Morgan fingerprint density at radius 3 is 1.86 bits per heavy atom. The van der Waals surface area contributed by atoms with Gasteiger partial charge in [0.2, 0.25) is 0 Å². The number of aliphatic hydroxyl groups excluding tert-OH is 2. The molecule has 2 rings (SSSR count). The quantitative estimate of drug-likeness (QED) is 0.172. The zero-order valence-electron chi connectivity index (χ0n) is 21.6. The maximum Gasteiger partial charge on any atom is 0.303 e. The molecule has 0 fully saturated rings. The molecule has 0 radical (unpaired) electrons. The molecule has 0 aliphatic rings. The van der Waals surface area contributed by atoms with E-state index in [-0.39, 0.29) is 30.0 Å². The third-order valence-electron chi connectivity index (χ3n) is 7.72. The van der Waals surface area contributed by atoms with Gasteiger partial charge < -0.3 is 15.3 Å². The van der Waals surface area contributed by atoms with Crippen molar-refractivity contribution < 1.29 is 20.1 Å². The topological polar surface area (TPSA) is 77.8 Å². The van der Waals surface area contributed by atoms with Crippen LogP contribution in [-0.2, 0) is 15.6 Å². The normalized spacial score (nSPS) is 15.7. The first-order valence-corrected chi connectivity index (χ1v) is 13.0. The average Bonchev–Trinajstić information content (AvgIpc) is 2.88. The summed E-state index contributed by atoms with van der Waals surface area (Å²) in [5.74, 6) is -0.756. The largest absolute Gasteiger partial charge is 0.481 e. The van der Waals surface area contributed by atoms with Crippen molar-refractivity contribution in [3.63, 3.8) is 0 Å². The van der Waals surface area contributed by atoms with E-state index in [1.807, 2.05) is 36.4 Å². The van der Waals surface area contributed by atoms with Gasteiger partial charge in [-0.25, -0.2) is 0 Å². The van der Waals surface area contributed by atoms with E-state index in [0.717, 1.165) is 56.9 Å². The van der Waals surface area contributed by atoms with Crippen molar-refractivity contribution in [1.82, 2.24) is 0 Å². The van der Waals surface area contributed by atoms with Gasteiger partial charge in [-0.15, -0.1) is 0 Å². The minimum absolute atomic E-state index is 0.0254. The second-order valence-electron chi connectivity index (χ2n) is 10.4. The number of hydrogen-bond acceptors (Lipinski definition) is 3. The molecule has 2 aromatic rings. The highest BCUT2D eigenvalue weighted by atomic mass is 16.4. The SMILES string of the molecule is C=C(CO)C(C)(CCCCC(O)CCCCC(C)(CCC(=O)O)c1ccccc1)c1ccccc1. The fourth-order valence-corrected chi connectivity index (χ4v) is 5.04. The molecular formula is C31H44O4. The van der Waals surface area contributed by atoms with E-state index in [9.17, 15) is 20.1 Å². The molecular weight excluding hydrogens is 436 g/mol.